The average Bonchev–Trinajstić information content (AvgIpc) is 2.53. The molecule has 0 bridgehead atoms. The van der Waals surface area contributed by atoms with Crippen molar-refractivity contribution < 1.29 is 19.3 Å². The van der Waals surface area contributed by atoms with Crippen LogP contribution in [0, 0.1) is 11.8 Å². The maximum atomic E-state index is 11.5. The van der Waals surface area contributed by atoms with E-state index in [-0.39, 0.29) is 24.1 Å². The number of unbranched alkanes of at least 4 members (excludes halogenated alkanes) is 1. The average molecular weight is 314 g/mol. The molecule has 4 atom stereocenters. The van der Waals surface area contributed by atoms with Crippen molar-refractivity contribution in [3.8, 4) is 0 Å². The first-order valence-corrected chi connectivity index (χ1v) is 8.89. The highest BCUT2D eigenvalue weighted by molar-refractivity contribution is 5.69. The van der Waals surface area contributed by atoms with Crippen LogP contribution in [0.3, 0.4) is 0 Å². The number of ether oxygens (including phenoxy) is 1. The quantitative estimate of drug-likeness (QED) is 0.458. The van der Waals surface area contributed by atoms with E-state index in [1.54, 1.807) is 0 Å². The summed E-state index contributed by atoms with van der Waals surface area (Å²) < 4.78 is 4.75. The molecule has 1 fully saturated rings. The van der Waals surface area contributed by atoms with Crippen LogP contribution in [-0.4, -0.2) is 24.8 Å². The van der Waals surface area contributed by atoms with Gasteiger partial charge in [-0.05, 0) is 31.6 Å². The second-order valence-electron chi connectivity index (χ2n) is 6.94. The molecule has 0 N–H and O–H groups in total. The molecular formula is C18H34O4. The van der Waals surface area contributed by atoms with Crippen LogP contribution >= 0.6 is 0 Å². The molecule has 4 nitrogen and oxygen atoms in total. The Kier molecular flexibility index (Phi) is 8.40. The van der Waals surface area contributed by atoms with Crippen LogP contribution in [0.4, 0.5) is 0 Å². The van der Waals surface area contributed by atoms with E-state index in [1.807, 2.05) is 0 Å². The van der Waals surface area contributed by atoms with Crippen molar-refractivity contribution in [1.29, 1.82) is 0 Å². The molecule has 1 heterocycles. The van der Waals surface area contributed by atoms with Crippen molar-refractivity contribution in [3.63, 3.8) is 0 Å². The first-order valence-electron chi connectivity index (χ1n) is 8.89. The lowest BCUT2D eigenvalue weighted by Crippen LogP contribution is -2.45. The van der Waals surface area contributed by atoms with Crippen molar-refractivity contribution in [2.75, 3.05) is 7.11 Å². The Labute approximate surface area is 135 Å². The van der Waals surface area contributed by atoms with Crippen molar-refractivity contribution in [3.05, 3.63) is 0 Å². The van der Waals surface area contributed by atoms with Crippen molar-refractivity contribution in [2.24, 2.45) is 11.8 Å². The van der Waals surface area contributed by atoms with E-state index >= 15 is 0 Å². The number of carbonyl (C=O) groups excluding carboxylic acids is 1. The Morgan fingerprint density at radius 2 is 2.09 bits per heavy atom. The molecule has 0 aliphatic carbocycles. The van der Waals surface area contributed by atoms with E-state index in [9.17, 15) is 4.79 Å². The van der Waals surface area contributed by atoms with E-state index in [1.165, 1.54) is 32.8 Å². The first kappa shape index (κ1) is 19.4. The fourth-order valence-electron chi connectivity index (χ4n) is 3.50. The molecule has 0 aromatic carbocycles. The number of hydrogen-bond acceptors (Lipinski definition) is 4. The minimum Gasteiger partial charge on any atom is -0.469 e. The summed E-state index contributed by atoms with van der Waals surface area (Å²) in [5.74, 6) is 0.801. The Balaban J connectivity index is 2.60. The van der Waals surface area contributed by atoms with Gasteiger partial charge in [0.25, 0.3) is 0 Å². The molecule has 0 aromatic heterocycles. The van der Waals surface area contributed by atoms with Crippen molar-refractivity contribution in [2.45, 2.75) is 90.8 Å². The Bertz CT molecular complexity index is 331. The summed E-state index contributed by atoms with van der Waals surface area (Å²) in [5, 5.41) is 0. The van der Waals surface area contributed by atoms with Gasteiger partial charge in [0.15, 0.2) is 0 Å². The molecule has 1 rings (SSSR count). The molecule has 0 saturated carbocycles. The second-order valence-corrected chi connectivity index (χ2v) is 6.94. The highest BCUT2D eigenvalue weighted by Crippen LogP contribution is 2.39. The smallest absolute Gasteiger partial charge is 0.308 e. The van der Waals surface area contributed by atoms with Gasteiger partial charge in [-0.3, -0.25) is 4.79 Å². The van der Waals surface area contributed by atoms with Crippen molar-refractivity contribution >= 4 is 5.97 Å². The third-order valence-electron chi connectivity index (χ3n) is 4.98. The standard InChI is InChI=1S/C18H34O4/c1-6-9-10-14(7-2)12-18(4)13-15(8-3)16(21-22-18)11-17(19)20-5/h14-16H,6-13H2,1-5H3/t14-,15?,16+,18-/m0/s1. The van der Waals surface area contributed by atoms with Crippen LogP contribution in [0.1, 0.15) is 79.1 Å². The zero-order chi connectivity index (χ0) is 16.6. The third kappa shape index (κ3) is 5.88. The Hall–Kier alpha value is -0.610. The van der Waals surface area contributed by atoms with Gasteiger partial charge < -0.3 is 4.74 Å². The maximum absolute atomic E-state index is 11.5. The van der Waals surface area contributed by atoms with E-state index in [2.05, 4.69) is 27.7 Å². The molecule has 0 amide bonds. The van der Waals surface area contributed by atoms with E-state index in [4.69, 9.17) is 14.5 Å². The lowest BCUT2D eigenvalue weighted by molar-refractivity contribution is -0.419. The first-order chi connectivity index (χ1) is 10.5. The van der Waals surface area contributed by atoms with Gasteiger partial charge in [-0.25, -0.2) is 9.78 Å². The van der Waals surface area contributed by atoms with E-state index in [0.29, 0.717) is 11.8 Å². The normalized spacial score (nSPS) is 30.0. The molecule has 1 aliphatic heterocycles. The van der Waals surface area contributed by atoms with Crippen LogP contribution in [-0.2, 0) is 19.3 Å². The summed E-state index contributed by atoms with van der Waals surface area (Å²) in [7, 11) is 1.41. The van der Waals surface area contributed by atoms with Gasteiger partial charge in [0, 0.05) is 0 Å². The molecule has 0 aromatic rings. The monoisotopic (exact) mass is 314 g/mol. The molecule has 0 spiro atoms. The van der Waals surface area contributed by atoms with Crippen LogP contribution < -0.4 is 0 Å². The molecule has 22 heavy (non-hydrogen) atoms. The highest BCUT2D eigenvalue weighted by atomic mass is 17.2. The van der Waals surface area contributed by atoms with E-state index in [0.717, 1.165) is 19.3 Å². The summed E-state index contributed by atoms with van der Waals surface area (Å²) in [4.78, 5) is 22.9. The van der Waals surface area contributed by atoms with Crippen LogP contribution in [0.25, 0.3) is 0 Å². The molecule has 1 unspecified atom stereocenters. The number of methoxy groups -OCH3 is 1. The van der Waals surface area contributed by atoms with Crippen molar-refractivity contribution in [1.82, 2.24) is 0 Å². The maximum Gasteiger partial charge on any atom is 0.308 e. The lowest BCUT2D eigenvalue weighted by atomic mass is 9.78. The fourth-order valence-corrected chi connectivity index (χ4v) is 3.50. The van der Waals surface area contributed by atoms with Crippen LogP contribution in [0.5, 0.6) is 0 Å². The van der Waals surface area contributed by atoms with Gasteiger partial charge in [0.05, 0.1) is 13.5 Å². The number of hydrogen-bond donors (Lipinski definition) is 0. The third-order valence-corrected chi connectivity index (χ3v) is 4.98. The minimum absolute atomic E-state index is 0.179. The number of carbonyl (C=O) groups is 1. The van der Waals surface area contributed by atoms with Gasteiger partial charge in [0.1, 0.15) is 11.7 Å². The molecule has 4 heteroatoms. The van der Waals surface area contributed by atoms with Gasteiger partial charge in [-0.15, -0.1) is 0 Å². The predicted molar refractivity (Wildman–Crippen MR) is 87.3 cm³/mol. The summed E-state index contributed by atoms with van der Waals surface area (Å²) in [6.45, 7) is 8.79. The predicted octanol–water partition coefficient (Wildman–Crippen LogP) is 4.66. The molecule has 1 aliphatic rings. The highest BCUT2D eigenvalue weighted by Gasteiger charge is 2.41. The van der Waals surface area contributed by atoms with E-state index < -0.39 is 0 Å². The molecule has 0 radical (unpaired) electrons. The molecule has 1 saturated heterocycles. The Morgan fingerprint density at radius 1 is 1.36 bits per heavy atom. The van der Waals surface area contributed by atoms with Crippen LogP contribution in [0.2, 0.25) is 0 Å². The minimum atomic E-state index is -0.234. The molecular weight excluding hydrogens is 280 g/mol. The van der Waals surface area contributed by atoms with Gasteiger partial charge >= 0.3 is 5.97 Å². The summed E-state index contributed by atoms with van der Waals surface area (Å²) in [6.07, 6.45) is 8.03. The number of rotatable bonds is 9. The SMILES string of the molecule is CCCC[C@H](CC)C[C@@]1(C)CC(CC)[C@@H](CC(=O)OC)OO1. The summed E-state index contributed by atoms with van der Waals surface area (Å²) >= 11 is 0. The largest absolute Gasteiger partial charge is 0.469 e. The van der Waals surface area contributed by atoms with Gasteiger partial charge in [0.2, 0.25) is 0 Å². The second kappa shape index (κ2) is 9.51. The topological polar surface area (TPSA) is 44.8 Å². The van der Waals surface area contributed by atoms with Crippen LogP contribution in [0.15, 0.2) is 0 Å². The Morgan fingerprint density at radius 3 is 2.64 bits per heavy atom. The van der Waals surface area contributed by atoms with Gasteiger partial charge in [-0.1, -0.05) is 52.9 Å². The summed E-state index contributed by atoms with van der Waals surface area (Å²) in [6, 6.07) is 0. The fraction of sp³-hybridized carbons (Fsp3) is 0.944. The van der Waals surface area contributed by atoms with Gasteiger partial charge in [-0.2, -0.15) is 0 Å². The summed E-state index contributed by atoms with van der Waals surface area (Å²) in [5.41, 5.74) is -0.234. The number of esters is 1. The zero-order valence-corrected chi connectivity index (χ0v) is 15.0. The molecule has 130 valence electrons. The zero-order valence-electron chi connectivity index (χ0n) is 15.0. The lowest BCUT2D eigenvalue weighted by Gasteiger charge is -2.42.